The molecule has 10 heteroatoms. The molecule has 32 heavy (non-hydrogen) atoms. The summed E-state index contributed by atoms with van der Waals surface area (Å²) >= 11 is 9.29. The molecule has 0 aromatic heterocycles. The average Bonchev–Trinajstić information content (AvgIpc) is 2.70. The van der Waals surface area contributed by atoms with Gasteiger partial charge in [-0.15, -0.1) is 0 Å². The number of anilines is 1. The second-order valence-corrected chi connectivity index (χ2v) is 11.0. The monoisotopic (exact) mass is 543 g/mol. The van der Waals surface area contributed by atoms with E-state index < -0.39 is 28.5 Å². The van der Waals surface area contributed by atoms with E-state index in [1.54, 1.807) is 19.1 Å². The molecule has 2 aromatic carbocycles. The van der Waals surface area contributed by atoms with Gasteiger partial charge >= 0.3 is 0 Å². The summed E-state index contributed by atoms with van der Waals surface area (Å²) in [5, 5.41) is 3.26. The molecule has 7 nitrogen and oxygen atoms in total. The lowest BCUT2D eigenvalue weighted by molar-refractivity contribution is -0.139. The summed E-state index contributed by atoms with van der Waals surface area (Å²) in [4.78, 5) is 27.4. The van der Waals surface area contributed by atoms with Crippen molar-refractivity contribution < 1.29 is 18.0 Å². The SMILES string of the molecule is CC(C)NC(=O)[C@H](C)N(Cc1ccc(Br)cc1)C(=O)CN(c1ccc(Cl)cc1)S(C)(=O)=O. The van der Waals surface area contributed by atoms with Crippen LogP contribution in [0, 0.1) is 0 Å². The van der Waals surface area contributed by atoms with Crippen molar-refractivity contribution >= 4 is 55.1 Å². The Bertz CT molecular complexity index is 1040. The van der Waals surface area contributed by atoms with E-state index >= 15 is 0 Å². The molecular weight excluding hydrogens is 518 g/mol. The predicted molar refractivity (Wildman–Crippen MR) is 131 cm³/mol. The van der Waals surface area contributed by atoms with Gasteiger partial charge in [-0.3, -0.25) is 13.9 Å². The van der Waals surface area contributed by atoms with Gasteiger partial charge in [-0.25, -0.2) is 8.42 Å². The Kier molecular flexibility index (Phi) is 9.12. The van der Waals surface area contributed by atoms with E-state index in [4.69, 9.17) is 11.6 Å². The maximum absolute atomic E-state index is 13.3. The third-order valence-electron chi connectivity index (χ3n) is 4.66. The Hall–Kier alpha value is -2.10. The molecule has 2 rings (SSSR count). The van der Waals surface area contributed by atoms with Crippen LogP contribution in [0.2, 0.25) is 5.02 Å². The smallest absolute Gasteiger partial charge is 0.244 e. The van der Waals surface area contributed by atoms with Crippen LogP contribution in [0.25, 0.3) is 0 Å². The van der Waals surface area contributed by atoms with E-state index in [9.17, 15) is 18.0 Å². The van der Waals surface area contributed by atoms with Crippen LogP contribution >= 0.6 is 27.5 Å². The first-order valence-electron chi connectivity index (χ1n) is 9.96. The predicted octanol–water partition coefficient (Wildman–Crippen LogP) is 3.81. The summed E-state index contributed by atoms with van der Waals surface area (Å²) in [6.45, 7) is 4.99. The molecule has 2 amide bonds. The third kappa shape index (κ3) is 7.50. The van der Waals surface area contributed by atoms with Crippen LogP contribution in [-0.2, 0) is 26.2 Å². The van der Waals surface area contributed by atoms with Crippen LogP contribution < -0.4 is 9.62 Å². The van der Waals surface area contributed by atoms with Gasteiger partial charge in [0.15, 0.2) is 0 Å². The van der Waals surface area contributed by atoms with Crippen LogP contribution in [0.3, 0.4) is 0 Å². The van der Waals surface area contributed by atoms with Gasteiger partial charge in [-0.1, -0.05) is 39.7 Å². The first kappa shape index (κ1) is 26.2. The van der Waals surface area contributed by atoms with Crippen molar-refractivity contribution in [2.75, 3.05) is 17.1 Å². The number of carbonyl (C=O) groups is 2. The van der Waals surface area contributed by atoms with E-state index in [-0.39, 0.29) is 18.5 Å². The highest BCUT2D eigenvalue weighted by Crippen LogP contribution is 2.21. The molecule has 0 fully saturated rings. The molecule has 0 aliphatic rings. The van der Waals surface area contributed by atoms with Crippen LogP contribution in [0.4, 0.5) is 5.69 Å². The van der Waals surface area contributed by atoms with E-state index in [1.165, 1.54) is 17.0 Å². The van der Waals surface area contributed by atoms with Crippen LogP contribution in [-0.4, -0.2) is 50.0 Å². The Morgan fingerprint density at radius 2 is 1.59 bits per heavy atom. The van der Waals surface area contributed by atoms with Gasteiger partial charge in [0.25, 0.3) is 0 Å². The molecule has 0 aliphatic carbocycles. The number of hydrogen-bond donors (Lipinski definition) is 1. The maximum Gasteiger partial charge on any atom is 0.244 e. The summed E-state index contributed by atoms with van der Waals surface area (Å²) in [7, 11) is -3.77. The number of benzene rings is 2. The lowest BCUT2D eigenvalue weighted by atomic mass is 10.1. The number of halogens is 2. The van der Waals surface area contributed by atoms with E-state index in [0.29, 0.717) is 10.7 Å². The normalized spacial score (nSPS) is 12.3. The van der Waals surface area contributed by atoms with E-state index in [1.807, 2.05) is 38.1 Å². The minimum atomic E-state index is -3.77. The first-order valence-corrected chi connectivity index (χ1v) is 13.0. The molecule has 1 atom stereocenters. The van der Waals surface area contributed by atoms with Gasteiger partial charge in [0.1, 0.15) is 12.6 Å². The fourth-order valence-corrected chi connectivity index (χ4v) is 4.24. The van der Waals surface area contributed by atoms with Crippen molar-refractivity contribution in [3.8, 4) is 0 Å². The number of amides is 2. The molecule has 0 spiro atoms. The molecule has 0 saturated heterocycles. The molecule has 0 aliphatic heterocycles. The second-order valence-electron chi connectivity index (χ2n) is 7.73. The van der Waals surface area contributed by atoms with Crippen molar-refractivity contribution in [3.63, 3.8) is 0 Å². The molecule has 1 N–H and O–H groups in total. The van der Waals surface area contributed by atoms with Crippen molar-refractivity contribution in [2.24, 2.45) is 0 Å². The number of rotatable bonds is 9. The van der Waals surface area contributed by atoms with E-state index in [2.05, 4.69) is 21.2 Å². The van der Waals surface area contributed by atoms with Gasteiger partial charge in [0.2, 0.25) is 21.8 Å². The molecule has 0 unspecified atom stereocenters. The topological polar surface area (TPSA) is 86.8 Å². The fraction of sp³-hybridized carbons (Fsp3) is 0.364. The average molecular weight is 545 g/mol. The van der Waals surface area contributed by atoms with Crippen molar-refractivity contribution in [1.29, 1.82) is 0 Å². The molecule has 0 radical (unpaired) electrons. The number of nitrogens with zero attached hydrogens (tertiary/aromatic N) is 2. The van der Waals surface area contributed by atoms with Gasteiger partial charge in [0.05, 0.1) is 11.9 Å². The van der Waals surface area contributed by atoms with Crippen LogP contribution in [0.1, 0.15) is 26.3 Å². The minimum absolute atomic E-state index is 0.101. The standard InChI is InChI=1S/C22H27BrClN3O4S/c1-15(2)25-22(29)16(3)26(13-17-5-7-18(23)8-6-17)21(28)14-27(32(4,30)31)20-11-9-19(24)10-12-20/h5-12,15-16H,13-14H2,1-4H3,(H,25,29)/t16-/m0/s1. The Morgan fingerprint density at radius 3 is 2.09 bits per heavy atom. The zero-order chi connectivity index (χ0) is 24.1. The van der Waals surface area contributed by atoms with Crippen molar-refractivity contribution in [3.05, 3.63) is 63.6 Å². The lowest BCUT2D eigenvalue weighted by Crippen LogP contribution is -2.52. The molecule has 0 heterocycles. The summed E-state index contributed by atoms with van der Waals surface area (Å²) in [5.41, 5.74) is 1.12. The molecule has 2 aromatic rings. The third-order valence-corrected chi connectivity index (χ3v) is 6.58. The minimum Gasteiger partial charge on any atom is -0.352 e. The zero-order valence-corrected chi connectivity index (χ0v) is 21.5. The fourth-order valence-electron chi connectivity index (χ4n) is 3.00. The lowest BCUT2D eigenvalue weighted by Gasteiger charge is -2.32. The Labute approximate surface area is 202 Å². The maximum atomic E-state index is 13.3. The Balaban J connectivity index is 2.36. The molecule has 0 bridgehead atoms. The summed E-state index contributed by atoms with van der Waals surface area (Å²) in [6.07, 6.45) is 1.03. The van der Waals surface area contributed by atoms with Crippen molar-refractivity contribution in [2.45, 2.75) is 39.4 Å². The second kappa shape index (κ2) is 11.2. The highest BCUT2D eigenvalue weighted by atomic mass is 79.9. The van der Waals surface area contributed by atoms with Gasteiger partial charge in [-0.05, 0) is 62.7 Å². The van der Waals surface area contributed by atoms with Crippen LogP contribution in [0.5, 0.6) is 0 Å². The summed E-state index contributed by atoms with van der Waals surface area (Å²) < 4.78 is 26.8. The Morgan fingerprint density at radius 1 is 1.03 bits per heavy atom. The molecule has 174 valence electrons. The summed E-state index contributed by atoms with van der Waals surface area (Å²) in [5.74, 6) is -0.817. The first-order chi connectivity index (χ1) is 14.9. The molecular formula is C22H27BrClN3O4S. The van der Waals surface area contributed by atoms with Crippen molar-refractivity contribution in [1.82, 2.24) is 10.2 Å². The number of nitrogens with one attached hydrogen (secondary N) is 1. The number of sulfonamides is 1. The highest BCUT2D eigenvalue weighted by molar-refractivity contribution is 9.10. The molecule has 0 saturated carbocycles. The zero-order valence-electron chi connectivity index (χ0n) is 18.4. The quantitative estimate of drug-likeness (QED) is 0.520. The van der Waals surface area contributed by atoms with Gasteiger partial charge in [-0.2, -0.15) is 0 Å². The van der Waals surface area contributed by atoms with Crippen LogP contribution in [0.15, 0.2) is 53.0 Å². The highest BCUT2D eigenvalue weighted by Gasteiger charge is 2.30. The number of carbonyl (C=O) groups excluding carboxylic acids is 2. The number of hydrogen-bond acceptors (Lipinski definition) is 4. The van der Waals surface area contributed by atoms with Gasteiger partial charge < -0.3 is 10.2 Å². The largest absolute Gasteiger partial charge is 0.352 e. The summed E-state index contributed by atoms with van der Waals surface area (Å²) in [6, 6.07) is 12.6. The van der Waals surface area contributed by atoms with Gasteiger partial charge in [0, 0.05) is 22.1 Å². The van der Waals surface area contributed by atoms with E-state index in [0.717, 1.165) is 20.6 Å².